The van der Waals surface area contributed by atoms with Crippen LogP contribution in [-0.2, 0) is 16.1 Å². The number of benzene rings is 2. The molecule has 6 heteroatoms. The van der Waals surface area contributed by atoms with Crippen LogP contribution in [0, 0.1) is 19.8 Å². The SMILES string of the molecule is Cc1ccc(CN2C(=O)C(CN3CCCCC3)C(=O)N(c3ccccc3)C2=S)c(C)c1. The second-order valence-electron chi connectivity index (χ2n) is 8.56. The third-order valence-electron chi connectivity index (χ3n) is 6.24. The highest BCUT2D eigenvalue weighted by Gasteiger charge is 2.45. The van der Waals surface area contributed by atoms with Crippen molar-refractivity contribution in [3.8, 4) is 0 Å². The first kappa shape index (κ1) is 21.7. The van der Waals surface area contributed by atoms with E-state index in [2.05, 4.69) is 17.9 Å². The molecule has 2 saturated heterocycles. The second kappa shape index (κ2) is 9.28. The Labute approximate surface area is 189 Å². The number of rotatable bonds is 5. The molecular weight excluding hydrogens is 406 g/mol. The molecule has 1 unspecified atom stereocenters. The Bertz CT molecular complexity index is 986. The quantitative estimate of drug-likeness (QED) is 0.525. The topological polar surface area (TPSA) is 43.9 Å². The number of hydrogen-bond donors (Lipinski definition) is 0. The van der Waals surface area contributed by atoms with E-state index < -0.39 is 5.92 Å². The number of anilines is 1. The van der Waals surface area contributed by atoms with Crippen LogP contribution in [0.4, 0.5) is 5.69 Å². The van der Waals surface area contributed by atoms with Crippen molar-refractivity contribution < 1.29 is 9.59 Å². The molecule has 31 heavy (non-hydrogen) atoms. The van der Waals surface area contributed by atoms with Gasteiger partial charge in [-0.1, -0.05) is 48.4 Å². The largest absolute Gasteiger partial charge is 0.302 e. The number of amides is 2. The Morgan fingerprint density at radius 2 is 1.65 bits per heavy atom. The summed E-state index contributed by atoms with van der Waals surface area (Å²) in [5.74, 6) is -1.15. The molecular formula is C25H29N3O2S. The van der Waals surface area contributed by atoms with E-state index in [1.807, 2.05) is 49.4 Å². The molecule has 2 amide bonds. The molecule has 0 aromatic heterocycles. The highest BCUT2D eigenvalue weighted by Crippen LogP contribution is 2.28. The summed E-state index contributed by atoms with van der Waals surface area (Å²) in [7, 11) is 0. The predicted octanol–water partition coefficient (Wildman–Crippen LogP) is 4.07. The number of para-hydroxylation sites is 1. The maximum atomic E-state index is 13.5. The second-order valence-corrected chi connectivity index (χ2v) is 8.93. The zero-order valence-electron chi connectivity index (χ0n) is 18.2. The maximum Gasteiger partial charge on any atom is 0.247 e. The van der Waals surface area contributed by atoms with E-state index in [4.69, 9.17) is 12.2 Å². The van der Waals surface area contributed by atoms with Gasteiger partial charge in [0.05, 0.1) is 12.2 Å². The average Bonchev–Trinajstić information content (AvgIpc) is 2.77. The van der Waals surface area contributed by atoms with Crippen molar-refractivity contribution in [1.82, 2.24) is 9.80 Å². The van der Waals surface area contributed by atoms with Crippen LogP contribution >= 0.6 is 12.2 Å². The molecule has 2 aliphatic heterocycles. The number of aryl methyl sites for hydroxylation is 2. The van der Waals surface area contributed by atoms with Crippen molar-refractivity contribution >= 4 is 34.8 Å². The third kappa shape index (κ3) is 4.55. The number of likely N-dealkylation sites (tertiary alicyclic amines) is 1. The molecule has 0 saturated carbocycles. The van der Waals surface area contributed by atoms with Gasteiger partial charge in [-0.15, -0.1) is 0 Å². The molecule has 0 radical (unpaired) electrons. The van der Waals surface area contributed by atoms with Crippen molar-refractivity contribution in [3.05, 3.63) is 65.2 Å². The van der Waals surface area contributed by atoms with Crippen molar-refractivity contribution in [3.63, 3.8) is 0 Å². The predicted molar refractivity (Wildman–Crippen MR) is 127 cm³/mol. The molecule has 2 fully saturated rings. The van der Waals surface area contributed by atoms with Crippen molar-refractivity contribution in [1.29, 1.82) is 0 Å². The van der Waals surface area contributed by atoms with Gasteiger partial charge in [0.25, 0.3) is 0 Å². The fourth-order valence-corrected chi connectivity index (χ4v) is 4.82. The summed E-state index contributed by atoms with van der Waals surface area (Å²) in [5, 5.41) is 0.260. The van der Waals surface area contributed by atoms with Crippen LogP contribution in [0.1, 0.15) is 36.0 Å². The number of carbonyl (C=O) groups excluding carboxylic acids is 2. The van der Waals surface area contributed by atoms with Crippen molar-refractivity contribution in [2.75, 3.05) is 24.5 Å². The number of piperidine rings is 1. The zero-order chi connectivity index (χ0) is 22.0. The number of thiocarbonyl (C=S) groups is 1. The normalized spacial score (nSPS) is 20.5. The maximum absolute atomic E-state index is 13.5. The fraction of sp³-hybridized carbons (Fsp3) is 0.400. The Morgan fingerprint density at radius 3 is 2.32 bits per heavy atom. The first-order valence-electron chi connectivity index (χ1n) is 11.0. The minimum Gasteiger partial charge on any atom is -0.302 e. The van der Waals surface area contributed by atoms with Crippen molar-refractivity contribution in [2.24, 2.45) is 5.92 Å². The first-order chi connectivity index (χ1) is 15.0. The van der Waals surface area contributed by atoms with Crippen LogP contribution in [0.5, 0.6) is 0 Å². The lowest BCUT2D eigenvalue weighted by atomic mass is 9.99. The summed E-state index contributed by atoms with van der Waals surface area (Å²) in [6, 6.07) is 15.6. The molecule has 2 aromatic rings. The molecule has 2 aliphatic rings. The van der Waals surface area contributed by atoms with Gasteiger partial charge in [-0.2, -0.15) is 0 Å². The Hall–Kier alpha value is -2.57. The monoisotopic (exact) mass is 435 g/mol. The van der Waals surface area contributed by atoms with E-state index in [1.165, 1.54) is 12.0 Å². The summed E-state index contributed by atoms with van der Waals surface area (Å²) in [4.78, 5) is 32.5. The molecule has 0 aliphatic carbocycles. The van der Waals surface area contributed by atoms with E-state index in [1.54, 1.807) is 9.80 Å². The van der Waals surface area contributed by atoms with Crippen LogP contribution in [0.25, 0.3) is 0 Å². The van der Waals surface area contributed by atoms with Gasteiger partial charge in [0.2, 0.25) is 11.8 Å². The van der Waals surface area contributed by atoms with Crippen LogP contribution in [0.3, 0.4) is 0 Å². The lowest BCUT2D eigenvalue weighted by molar-refractivity contribution is -0.141. The molecule has 162 valence electrons. The number of nitrogens with zero attached hydrogens (tertiary/aromatic N) is 3. The van der Waals surface area contributed by atoms with E-state index in [9.17, 15) is 9.59 Å². The molecule has 1 atom stereocenters. The lowest BCUT2D eigenvalue weighted by Gasteiger charge is -2.41. The summed E-state index contributed by atoms with van der Waals surface area (Å²) >= 11 is 5.71. The minimum atomic E-state index is -0.740. The van der Waals surface area contributed by atoms with Crippen molar-refractivity contribution in [2.45, 2.75) is 39.7 Å². The van der Waals surface area contributed by atoms with Crippen LogP contribution in [0.15, 0.2) is 48.5 Å². The standard InChI is InChI=1S/C25H29N3O2S/c1-18-11-12-20(19(2)15-18)16-27-23(29)22(17-26-13-7-4-8-14-26)24(30)28(25(27)31)21-9-5-3-6-10-21/h3,5-6,9-12,15,22H,4,7-8,13-14,16-17H2,1-2H3. The van der Waals surface area contributed by atoms with Gasteiger partial charge in [0.15, 0.2) is 5.11 Å². The molecule has 4 rings (SSSR count). The fourth-order valence-electron chi connectivity index (χ4n) is 4.47. The van der Waals surface area contributed by atoms with Gasteiger partial charge in [-0.25, -0.2) is 0 Å². The smallest absolute Gasteiger partial charge is 0.247 e. The highest BCUT2D eigenvalue weighted by molar-refractivity contribution is 7.80. The van der Waals surface area contributed by atoms with Gasteiger partial charge in [0, 0.05) is 6.54 Å². The summed E-state index contributed by atoms with van der Waals surface area (Å²) in [6.45, 7) is 6.79. The Kier molecular flexibility index (Phi) is 6.49. The van der Waals surface area contributed by atoms with Gasteiger partial charge in [0.1, 0.15) is 5.92 Å². The van der Waals surface area contributed by atoms with Gasteiger partial charge in [-0.3, -0.25) is 19.4 Å². The average molecular weight is 436 g/mol. The highest BCUT2D eigenvalue weighted by atomic mass is 32.1. The number of carbonyl (C=O) groups is 2. The molecule has 2 aromatic carbocycles. The number of hydrogen-bond acceptors (Lipinski definition) is 4. The first-order valence-corrected chi connectivity index (χ1v) is 11.4. The zero-order valence-corrected chi connectivity index (χ0v) is 19.0. The van der Waals surface area contributed by atoms with Gasteiger partial charge in [-0.05, 0) is 75.3 Å². The minimum absolute atomic E-state index is 0.187. The molecule has 5 nitrogen and oxygen atoms in total. The van der Waals surface area contributed by atoms with Gasteiger partial charge >= 0.3 is 0 Å². The van der Waals surface area contributed by atoms with Crippen LogP contribution in [-0.4, -0.2) is 46.4 Å². The van der Waals surface area contributed by atoms with E-state index in [0.717, 1.165) is 37.1 Å². The third-order valence-corrected chi connectivity index (χ3v) is 6.64. The van der Waals surface area contributed by atoms with E-state index >= 15 is 0 Å². The van der Waals surface area contributed by atoms with Crippen LogP contribution < -0.4 is 4.90 Å². The summed E-state index contributed by atoms with van der Waals surface area (Å²) in [6.07, 6.45) is 3.44. The van der Waals surface area contributed by atoms with Gasteiger partial charge < -0.3 is 4.90 Å². The van der Waals surface area contributed by atoms with E-state index in [-0.39, 0.29) is 16.9 Å². The molecule has 0 bridgehead atoms. The molecule has 0 spiro atoms. The summed E-state index contributed by atoms with van der Waals surface area (Å²) < 4.78 is 0. The molecule has 2 heterocycles. The Morgan fingerprint density at radius 1 is 0.935 bits per heavy atom. The Balaban J connectivity index is 1.67. The van der Waals surface area contributed by atoms with E-state index in [0.29, 0.717) is 18.8 Å². The van der Waals surface area contributed by atoms with Crippen LogP contribution in [0.2, 0.25) is 0 Å². The lowest BCUT2D eigenvalue weighted by Crippen LogP contribution is -2.61. The summed E-state index contributed by atoms with van der Waals surface area (Å²) in [5.41, 5.74) is 4.05. The molecule has 0 N–H and O–H groups in total.